The topological polar surface area (TPSA) is 64.6 Å². The smallest absolute Gasteiger partial charge is 0.341 e. The van der Waals surface area contributed by atoms with Crippen molar-refractivity contribution in [2.45, 2.75) is 39.7 Å². The number of rotatable bonds is 6. The molecule has 4 rings (SSSR count). The van der Waals surface area contributed by atoms with Crippen LogP contribution in [0.1, 0.15) is 53.6 Å². The monoisotopic (exact) mass is 441 g/mol. The van der Waals surface area contributed by atoms with Gasteiger partial charge in [-0.2, -0.15) is 0 Å². The van der Waals surface area contributed by atoms with E-state index in [1.165, 1.54) is 34.7 Å². The first-order valence-corrected chi connectivity index (χ1v) is 11.5. The molecule has 30 heavy (non-hydrogen) atoms. The molecule has 0 atom stereocenters. The van der Waals surface area contributed by atoms with Gasteiger partial charge in [0.1, 0.15) is 17.4 Å². The van der Waals surface area contributed by atoms with Crippen LogP contribution in [0, 0.1) is 13.8 Å². The van der Waals surface area contributed by atoms with Gasteiger partial charge < -0.3 is 14.8 Å². The summed E-state index contributed by atoms with van der Waals surface area (Å²) in [6.45, 7) is 4.44. The number of esters is 1. The zero-order valence-corrected chi connectivity index (χ0v) is 18.8. The Bertz CT molecular complexity index is 1090. The zero-order chi connectivity index (χ0) is 21.3. The highest BCUT2D eigenvalue weighted by Crippen LogP contribution is 2.39. The normalized spacial score (nSPS) is 12.5. The summed E-state index contributed by atoms with van der Waals surface area (Å²) in [5.74, 6) is 0.271. The van der Waals surface area contributed by atoms with Crippen LogP contribution in [0.25, 0.3) is 0 Å². The van der Waals surface area contributed by atoms with Gasteiger partial charge in [-0.1, -0.05) is 18.2 Å². The van der Waals surface area contributed by atoms with Crippen LogP contribution >= 0.6 is 22.7 Å². The molecule has 1 amide bonds. The van der Waals surface area contributed by atoms with Gasteiger partial charge in [-0.3, -0.25) is 4.79 Å². The van der Waals surface area contributed by atoms with E-state index in [1.807, 2.05) is 43.5 Å². The van der Waals surface area contributed by atoms with Crippen molar-refractivity contribution < 1.29 is 19.1 Å². The number of fused-ring (bicyclic) bond motifs is 1. The molecule has 1 aliphatic rings. The second-order valence-corrected chi connectivity index (χ2v) is 9.35. The molecule has 0 unspecified atom stereocenters. The molecule has 0 spiro atoms. The maximum absolute atomic E-state index is 12.8. The number of methoxy groups -OCH3 is 1. The second kappa shape index (κ2) is 8.62. The molecule has 2 aromatic heterocycles. The summed E-state index contributed by atoms with van der Waals surface area (Å²) in [5, 5.41) is 5.44. The maximum atomic E-state index is 12.8. The van der Waals surface area contributed by atoms with Gasteiger partial charge in [0.2, 0.25) is 0 Å². The van der Waals surface area contributed by atoms with Crippen molar-refractivity contribution in [1.29, 1.82) is 0 Å². The Morgan fingerprint density at radius 1 is 1.17 bits per heavy atom. The van der Waals surface area contributed by atoms with Crippen LogP contribution in [0.3, 0.4) is 0 Å². The van der Waals surface area contributed by atoms with Crippen LogP contribution < -0.4 is 10.1 Å². The molecule has 0 saturated carbocycles. The number of thiophene rings is 2. The number of ether oxygens (including phenoxy) is 2. The van der Waals surface area contributed by atoms with E-state index in [2.05, 4.69) is 5.32 Å². The van der Waals surface area contributed by atoms with E-state index < -0.39 is 5.97 Å². The summed E-state index contributed by atoms with van der Waals surface area (Å²) < 4.78 is 10.9. The number of para-hydroxylation sites is 1. The number of carbonyl (C=O) groups excluding carboxylic acids is 2. The molecule has 1 aromatic carbocycles. The summed E-state index contributed by atoms with van der Waals surface area (Å²) in [6, 6.07) is 7.89. The lowest BCUT2D eigenvalue weighted by molar-refractivity contribution is 0.0601. The van der Waals surface area contributed by atoms with Crippen LogP contribution in [-0.4, -0.2) is 19.0 Å². The molecule has 1 N–H and O–H groups in total. The van der Waals surface area contributed by atoms with Gasteiger partial charge in [0.15, 0.2) is 0 Å². The highest BCUT2D eigenvalue weighted by atomic mass is 32.1. The largest absolute Gasteiger partial charge is 0.488 e. The van der Waals surface area contributed by atoms with E-state index in [0.717, 1.165) is 47.3 Å². The number of nitrogens with one attached hydrogen (secondary N) is 1. The Morgan fingerprint density at radius 3 is 2.67 bits per heavy atom. The highest BCUT2D eigenvalue weighted by Gasteiger charge is 2.28. The van der Waals surface area contributed by atoms with Gasteiger partial charge in [0.25, 0.3) is 5.91 Å². The lowest BCUT2D eigenvalue weighted by atomic mass is 10.1. The van der Waals surface area contributed by atoms with Crippen molar-refractivity contribution in [1.82, 2.24) is 0 Å². The van der Waals surface area contributed by atoms with Gasteiger partial charge in [-0.25, -0.2) is 4.79 Å². The predicted molar refractivity (Wildman–Crippen MR) is 120 cm³/mol. The van der Waals surface area contributed by atoms with Crippen molar-refractivity contribution in [2.75, 3.05) is 12.4 Å². The molecule has 2 heterocycles. The van der Waals surface area contributed by atoms with Crippen LogP contribution in [0.5, 0.6) is 5.75 Å². The number of benzene rings is 1. The molecule has 0 radical (unpaired) electrons. The summed E-state index contributed by atoms with van der Waals surface area (Å²) in [6.07, 6.45) is 2.83. The fraction of sp³-hybridized carbons (Fsp3) is 0.304. The van der Waals surface area contributed by atoms with E-state index in [9.17, 15) is 9.59 Å². The Morgan fingerprint density at radius 2 is 1.93 bits per heavy atom. The molecule has 3 aromatic rings. The van der Waals surface area contributed by atoms with Crippen molar-refractivity contribution >= 4 is 39.6 Å². The quantitative estimate of drug-likeness (QED) is 0.511. The van der Waals surface area contributed by atoms with Crippen molar-refractivity contribution in [3.63, 3.8) is 0 Å². The zero-order valence-electron chi connectivity index (χ0n) is 17.2. The number of amides is 1. The molecule has 0 bridgehead atoms. The lowest BCUT2D eigenvalue weighted by Gasteiger charge is -2.11. The van der Waals surface area contributed by atoms with Crippen molar-refractivity contribution in [3.8, 4) is 5.75 Å². The minimum atomic E-state index is -0.390. The summed E-state index contributed by atoms with van der Waals surface area (Å²) >= 11 is 2.85. The molecule has 0 fully saturated rings. The first-order valence-electron chi connectivity index (χ1n) is 9.78. The van der Waals surface area contributed by atoms with E-state index in [0.29, 0.717) is 22.0 Å². The number of carbonyl (C=O) groups is 2. The first-order chi connectivity index (χ1) is 14.5. The van der Waals surface area contributed by atoms with Gasteiger partial charge >= 0.3 is 5.97 Å². The van der Waals surface area contributed by atoms with E-state index in [-0.39, 0.29) is 5.91 Å². The second-order valence-electron chi connectivity index (χ2n) is 7.34. The van der Waals surface area contributed by atoms with Gasteiger partial charge in [0.05, 0.1) is 17.6 Å². The minimum absolute atomic E-state index is 0.219. The Labute approximate surface area is 183 Å². The molecule has 1 aliphatic carbocycles. The molecule has 156 valence electrons. The first kappa shape index (κ1) is 20.6. The molecule has 7 heteroatoms. The Balaban J connectivity index is 1.47. The summed E-state index contributed by atoms with van der Waals surface area (Å²) in [5.41, 5.74) is 4.65. The Hall–Kier alpha value is -2.64. The SMILES string of the molecule is COC(=O)c1c(NC(=O)c2cc(COc3c(C)cccc3C)cs2)sc2c1CCC2. The van der Waals surface area contributed by atoms with E-state index >= 15 is 0 Å². The predicted octanol–water partition coefficient (Wildman–Crippen LogP) is 5.53. The molecule has 5 nitrogen and oxygen atoms in total. The molecule has 0 aliphatic heterocycles. The number of hydrogen-bond acceptors (Lipinski definition) is 6. The van der Waals surface area contributed by atoms with Crippen molar-refractivity contribution in [3.05, 3.63) is 67.2 Å². The maximum Gasteiger partial charge on any atom is 0.341 e. The van der Waals surface area contributed by atoms with Crippen LogP contribution in [-0.2, 0) is 24.2 Å². The summed E-state index contributed by atoms with van der Waals surface area (Å²) in [7, 11) is 1.37. The standard InChI is InChI=1S/C23H23NO4S2/c1-13-6-4-7-14(2)20(13)28-11-15-10-18(29-12-15)21(25)24-22-19(23(26)27-3)16-8-5-9-17(16)30-22/h4,6-7,10,12H,5,8-9,11H2,1-3H3,(H,24,25). The average molecular weight is 442 g/mol. The number of hydrogen-bond donors (Lipinski definition) is 1. The fourth-order valence-electron chi connectivity index (χ4n) is 3.73. The van der Waals surface area contributed by atoms with Gasteiger partial charge in [-0.15, -0.1) is 22.7 Å². The molecular formula is C23H23NO4S2. The van der Waals surface area contributed by atoms with Crippen molar-refractivity contribution in [2.24, 2.45) is 0 Å². The third kappa shape index (κ3) is 4.00. The fourth-order valence-corrected chi connectivity index (χ4v) is 5.79. The van der Waals surface area contributed by atoms with Crippen LogP contribution in [0.4, 0.5) is 5.00 Å². The summed E-state index contributed by atoms with van der Waals surface area (Å²) in [4.78, 5) is 26.8. The molecular weight excluding hydrogens is 418 g/mol. The van der Waals surface area contributed by atoms with E-state index in [4.69, 9.17) is 9.47 Å². The average Bonchev–Trinajstić information content (AvgIpc) is 3.43. The van der Waals surface area contributed by atoms with Crippen LogP contribution in [0.15, 0.2) is 29.6 Å². The van der Waals surface area contributed by atoms with Gasteiger partial charge in [0, 0.05) is 10.4 Å². The highest BCUT2D eigenvalue weighted by molar-refractivity contribution is 7.17. The number of aryl methyl sites for hydroxylation is 3. The van der Waals surface area contributed by atoms with Gasteiger partial charge in [-0.05, 0) is 61.2 Å². The third-order valence-corrected chi connectivity index (χ3v) is 7.39. The Kier molecular flexibility index (Phi) is 5.92. The minimum Gasteiger partial charge on any atom is -0.488 e. The lowest BCUT2D eigenvalue weighted by Crippen LogP contribution is -2.13. The van der Waals surface area contributed by atoms with Crippen LogP contribution in [0.2, 0.25) is 0 Å². The third-order valence-electron chi connectivity index (χ3n) is 5.21. The molecule has 0 saturated heterocycles. The number of anilines is 1. The van der Waals surface area contributed by atoms with E-state index in [1.54, 1.807) is 0 Å².